The monoisotopic (exact) mass is 308 g/mol. The number of carbonyl (C=O) groups is 1. The van der Waals surface area contributed by atoms with Crippen molar-refractivity contribution in [2.24, 2.45) is 5.92 Å². The molecule has 0 radical (unpaired) electrons. The van der Waals surface area contributed by atoms with Crippen LogP contribution in [-0.2, 0) is 4.79 Å². The van der Waals surface area contributed by atoms with Crippen molar-refractivity contribution in [3.8, 4) is 0 Å². The van der Waals surface area contributed by atoms with Crippen LogP contribution >= 0.6 is 0 Å². The van der Waals surface area contributed by atoms with E-state index in [4.69, 9.17) is 0 Å². The van der Waals surface area contributed by atoms with E-state index in [1.54, 1.807) is 16.9 Å². The molecule has 7 heteroatoms. The number of halogens is 2. The predicted molar refractivity (Wildman–Crippen MR) is 76.6 cm³/mol. The van der Waals surface area contributed by atoms with Crippen LogP contribution in [0.2, 0.25) is 0 Å². The van der Waals surface area contributed by atoms with Crippen LogP contribution in [0.3, 0.4) is 0 Å². The number of rotatable bonds is 4. The lowest BCUT2D eigenvalue weighted by Gasteiger charge is -2.32. The Labute approximate surface area is 126 Å². The highest BCUT2D eigenvalue weighted by molar-refractivity contribution is 5.48. The summed E-state index contributed by atoms with van der Waals surface area (Å²) in [7, 11) is 0. The van der Waals surface area contributed by atoms with Gasteiger partial charge in [-0.15, -0.1) is 0 Å². The van der Waals surface area contributed by atoms with E-state index < -0.39 is 5.92 Å². The van der Waals surface area contributed by atoms with Crippen molar-refractivity contribution in [3.63, 3.8) is 0 Å². The Morgan fingerprint density at radius 1 is 1.45 bits per heavy atom. The Hall–Kier alpha value is -2.05. The summed E-state index contributed by atoms with van der Waals surface area (Å²) in [5, 5.41) is 6.97. The molecule has 1 unspecified atom stereocenters. The van der Waals surface area contributed by atoms with Crippen LogP contribution in [0.1, 0.15) is 43.0 Å². The van der Waals surface area contributed by atoms with Gasteiger partial charge in [-0.05, 0) is 37.3 Å². The van der Waals surface area contributed by atoms with Crippen molar-refractivity contribution in [1.82, 2.24) is 19.9 Å². The molecule has 0 bridgehead atoms. The Morgan fingerprint density at radius 2 is 2.18 bits per heavy atom. The second-order valence-electron chi connectivity index (χ2n) is 5.96. The minimum absolute atomic E-state index is 0.0316. The number of carbonyl (C=O) groups excluding carboxylic acids is 1. The number of hydrogen-bond acceptors (Lipinski definition) is 3. The second kappa shape index (κ2) is 5.62. The molecule has 1 aliphatic rings. The van der Waals surface area contributed by atoms with Gasteiger partial charge in [0.25, 0.3) is 0 Å². The first kappa shape index (κ1) is 14.9. The predicted octanol–water partition coefficient (Wildman–Crippen LogP) is 2.65. The maximum Gasteiger partial charge on any atom is 0.248 e. The molecule has 2 aromatic heterocycles. The largest absolute Gasteiger partial charge is 0.350 e. The van der Waals surface area contributed by atoms with Crippen molar-refractivity contribution in [2.45, 2.75) is 44.6 Å². The van der Waals surface area contributed by atoms with Crippen LogP contribution in [0.5, 0.6) is 0 Å². The minimum Gasteiger partial charge on any atom is -0.350 e. The highest BCUT2D eigenvalue weighted by Crippen LogP contribution is 2.41. The molecule has 2 aromatic rings. The maximum absolute atomic E-state index is 13.3. The molecule has 3 rings (SSSR count). The Balaban J connectivity index is 1.87. The third kappa shape index (κ3) is 2.93. The highest BCUT2D eigenvalue weighted by atomic mass is 19.3. The number of amides is 1. The van der Waals surface area contributed by atoms with Gasteiger partial charge in [0.15, 0.2) is 5.65 Å². The Bertz CT molecular complexity index is 675. The molecule has 1 fully saturated rings. The van der Waals surface area contributed by atoms with E-state index in [1.165, 1.54) is 0 Å². The van der Waals surface area contributed by atoms with E-state index in [-0.39, 0.29) is 24.8 Å². The molecule has 0 saturated heterocycles. The minimum atomic E-state index is -2.58. The van der Waals surface area contributed by atoms with Gasteiger partial charge in [-0.3, -0.25) is 4.79 Å². The van der Waals surface area contributed by atoms with Gasteiger partial charge >= 0.3 is 0 Å². The van der Waals surface area contributed by atoms with Crippen LogP contribution in [0, 0.1) is 12.8 Å². The molecule has 1 atom stereocenters. The van der Waals surface area contributed by atoms with Crippen LogP contribution in [-0.4, -0.2) is 26.9 Å². The molecule has 22 heavy (non-hydrogen) atoms. The lowest BCUT2D eigenvalue weighted by molar-refractivity contribution is -0.111. The average Bonchev–Trinajstić information content (AvgIpc) is 2.88. The number of alkyl halides is 2. The van der Waals surface area contributed by atoms with Crippen molar-refractivity contribution in [1.29, 1.82) is 0 Å². The van der Waals surface area contributed by atoms with Gasteiger partial charge in [0.1, 0.15) is 0 Å². The molecule has 1 N–H and O–H groups in total. The van der Waals surface area contributed by atoms with Gasteiger partial charge in [-0.2, -0.15) is 5.10 Å². The highest BCUT2D eigenvalue weighted by Gasteiger charge is 2.38. The van der Waals surface area contributed by atoms with Gasteiger partial charge in [-0.25, -0.2) is 18.3 Å². The third-order valence-corrected chi connectivity index (χ3v) is 4.27. The molecule has 0 aromatic carbocycles. The molecular weight excluding hydrogens is 290 g/mol. The zero-order chi connectivity index (χ0) is 15.7. The van der Waals surface area contributed by atoms with E-state index in [0.717, 1.165) is 5.56 Å². The molecule has 0 aliphatic heterocycles. The summed E-state index contributed by atoms with van der Waals surface area (Å²) >= 11 is 0. The maximum atomic E-state index is 13.3. The second-order valence-corrected chi connectivity index (χ2v) is 5.96. The molecule has 1 saturated carbocycles. The van der Waals surface area contributed by atoms with Crippen LogP contribution in [0.4, 0.5) is 8.78 Å². The molecule has 1 amide bonds. The summed E-state index contributed by atoms with van der Waals surface area (Å²) in [6.45, 7) is 1.92. The van der Waals surface area contributed by atoms with Gasteiger partial charge in [0, 0.05) is 12.8 Å². The van der Waals surface area contributed by atoms with Crippen molar-refractivity contribution >= 4 is 12.1 Å². The number of nitrogens with zero attached hydrogens (tertiary/aromatic N) is 3. The standard InChI is InChI=1S/C15H18F2N4O/c1-10-6-13-20-12(8-21(13)19-7-10)14(18-9-22)11-2-4-15(16,17)5-3-11/h6-9,11,14H,2-5H2,1H3,(H,18,22). The van der Waals surface area contributed by atoms with Crippen molar-refractivity contribution in [3.05, 3.63) is 29.7 Å². The summed E-state index contributed by atoms with van der Waals surface area (Å²) in [6, 6.07) is 1.54. The van der Waals surface area contributed by atoms with Gasteiger partial charge in [-0.1, -0.05) is 0 Å². The first-order valence-corrected chi connectivity index (χ1v) is 7.38. The van der Waals surface area contributed by atoms with E-state index in [2.05, 4.69) is 15.4 Å². The van der Waals surface area contributed by atoms with Gasteiger partial charge in [0.2, 0.25) is 12.3 Å². The number of fused-ring (bicyclic) bond motifs is 1. The molecule has 0 spiro atoms. The van der Waals surface area contributed by atoms with Crippen molar-refractivity contribution < 1.29 is 13.6 Å². The van der Waals surface area contributed by atoms with E-state index in [1.807, 2.05) is 13.0 Å². The summed E-state index contributed by atoms with van der Waals surface area (Å²) < 4.78 is 28.3. The fourth-order valence-electron chi connectivity index (χ4n) is 3.07. The molecule has 5 nitrogen and oxygen atoms in total. The first-order valence-electron chi connectivity index (χ1n) is 7.38. The van der Waals surface area contributed by atoms with E-state index in [0.29, 0.717) is 30.6 Å². The fraction of sp³-hybridized carbons (Fsp3) is 0.533. The quantitative estimate of drug-likeness (QED) is 0.883. The topological polar surface area (TPSA) is 59.3 Å². The lowest BCUT2D eigenvalue weighted by Crippen LogP contribution is -2.33. The van der Waals surface area contributed by atoms with Gasteiger partial charge in [0.05, 0.1) is 24.1 Å². The molecular formula is C15H18F2N4O. The first-order chi connectivity index (χ1) is 10.5. The Kier molecular flexibility index (Phi) is 3.80. The third-order valence-electron chi connectivity index (χ3n) is 4.27. The van der Waals surface area contributed by atoms with Crippen LogP contribution in [0.15, 0.2) is 18.5 Å². The fourth-order valence-corrected chi connectivity index (χ4v) is 3.07. The number of nitrogens with one attached hydrogen (secondary N) is 1. The Morgan fingerprint density at radius 3 is 2.86 bits per heavy atom. The van der Waals surface area contributed by atoms with E-state index in [9.17, 15) is 13.6 Å². The summed E-state index contributed by atoms with van der Waals surface area (Å²) in [4.78, 5) is 15.4. The molecule has 2 heterocycles. The van der Waals surface area contributed by atoms with Crippen LogP contribution in [0.25, 0.3) is 5.65 Å². The van der Waals surface area contributed by atoms with Crippen LogP contribution < -0.4 is 5.32 Å². The molecule has 1 aliphatic carbocycles. The normalized spacial score (nSPS) is 20.0. The summed E-state index contributed by atoms with van der Waals surface area (Å²) in [5.41, 5.74) is 2.34. The van der Waals surface area contributed by atoms with Crippen molar-refractivity contribution in [2.75, 3.05) is 0 Å². The summed E-state index contributed by atoms with van der Waals surface area (Å²) in [5.74, 6) is -2.62. The SMILES string of the molecule is Cc1cnn2cc(C(NC=O)C3CCC(F)(F)CC3)nc2c1. The molecule has 118 valence electrons. The summed E-state index contributed by atoms with van der Waals surface area (Å²) in [6.07, 6.45) is 4.56. The van der Waals surface area contributed by atoms with E-state index >= 15 is 0 Å². The number of hydrogen-bond donors (Lipinski definition) is 1. The number of aromatic nitrogens is 3. The smallest absolute Gasteiger partial charge is 0.248 e. The average molecular weight is 308 g/mol. The van der Waals surface area contributed by atoms with Gasteiger partial charge < -0.3 is 5.32 Å². The lowest BCUT2D eigenvalue weighted by atomic mass is 9.81. The number of imidazole rings is 1. The zero-order valence-corrected chi connectivity index (χ0v) is 12.3. The number of aryl methyl sites for hydroxylation is 1. The zero-order valence-electron chi connectivity index (χ0n) is 12.3.